The maximum Gasteiger partial charge on any atom is 0.261 e. The van der Waals surface area contributed by atoms with Gasteiger partial charge in [0.25, 0.3) is 5.56 Å². The van der Waals surface area contributed by atoms with Gasteiger partial charge in [0.2, 0.25) is 0 Å². The predicted molar refractivity (Wildman–Crippen MR) is 96.7 cm³/mol. The summed E-state index contributed by atoms with van der Waals surface area (Å²) in [5.41, 5.74) is 0.336. The van der Waals surface area contributed by atoms with Crippen LogP contribution in [-0.2, 0) is 11.3 Å². The van der Waals surface area contributed by atoms with E-state index in [1.807, 2.05) is 0 Å². The van der Waals surface area contributed by atoms with Gasteiger partial charge in [0.1, 0.15) is 13.4 Å². The molecule has 1 aromatic carbocycles. The summed E-state index contributed by atoms with van der Waals surface area (Å²) in [6, 6.07) is 3.16. The van der Waals surface area contributed by atoms with Crippen LogP contribution in [0.3, 0.4) is 0 Å². The van der Waals surface area contributed by atoms with Crippen LogP contribution in [0.2, 0.25) is 5.02 Å². The number of nitrogens with zero attached hydrogens (tertiary/aromatic N) is 2. The highest BCUT2D eigenvalue weighted by atomic mass is 35.5. The largest absolute Gasteiger partial charge is 0.392 e. The SMILES string of the molecule is [B]c1cc2ncn(CC3(C[C@H]4NCCC[C@@H]4O)CO3)c(=O)c2cc1Cl. The molecule has 1 aromatic heterocycles. The average molecular weight is 360 g/mol. The van der Waals surface area contributed by atoms with E-state index in [4.69, 9.17) is 24.2 Å². The van der Waals surface area contributed by atoms with Crippen molar-refractivity contribution in [3.05, 3.63) is 33.8 Å². The highest BCUT2D eigenvalue weighted by Gasteiger charge is 2.48. The van der Waals surface area contributed by atoms with Crippen LogP contribution in [0.1, 0.15) is 19.3 Å². The molecule has 2 saturated heterocycles. The van der Waals surface area contributed by atoms with Gasteiger partial charge in [-0.1, -0.05) is 17.1 Å². The van der Waals surface area contributed by atoms with Crippen LogP contribution in [0, 0.1) is 0 Å². The first-order valence-electron chi connectivity index (χ1n) is 8.47. The van der Waals surface area contributed by atoms with Gasteiger partial charge in [-0.3, -0.25) is 9.36 Å². The third-order valence-electron chi connectivity index (χ3n) is 5.09. The van der Waals surface area contributed by atoms with E-state index in [1.165, 1.54) is 6.33 Å². The lowest BCUT2D eigenvalue weighted by Gasteiger charge is -2.31. The molecule has 1 unspecified atom stereocenters. The highest BCUT2D eigenvalue weighted by Crippen LogP contribution is 2.35. The molecule has 2 fully saturated rings. The van der Waals surface area contributed by atoms with Gasteiger partial charge in [0.05, 0.1) is 36.5 Å². The maximum absolute atomic E-state index is 12.8. The Balaban J connectivity index is 1.59. The number of aliphatic hydroxyl groups excluding tert-OH is 1. The monoisotopic (exact) mass is 359 g/mol. The lowest BCUT2D eigenvalue weighted by atomic mass is 9.92. The molecule has 0 amide bonds. The number of benzene rings is 1. The molecular weight excluding hydrogens is 340 g/mol. The number of aliphatic hydroxyl groups is 1. The maximum atomic E-state index is 12.8. The number of hydrogen-bond donors (Lipinski definition) is 2. The van der Waals surface area contributed by atoms with Crippen molar-refractivity contribution >= 4 is 35.8 Å². The third-order valence-corrected chi connectivity index (χ3v) is 5.42. The van der Waals surface area contributed by atoms with Crippen molar-refractivity contribution < 1.29 is 9.84 Å². The average Bonchev–Trinajstić information content (AvgIpc) is 3.34. The number of ether oxygens (including phenoxy) is 1. The second kappa shape index (κ2) is 6.39. The summed E-state index contributed by atoms with van der Waals surface area (Å²) < 4.78 is 7.23. The first-order valence-corrected chi connectivity index (χ1v) is 8.85. The molecule has 130 valence electrons. The van der Waals surface area contributed by atoms with Gasteiger partial charge in [-0.15, -0.1) is 0 Å². The molecule has 8 heteroatoms. The summed E-state index contributed by atoms with van der Waals surface area (Å²) in [5, 5.41) is 14.3. The van der Waals surface area contributed by atoms with E-state index < -0.39 is 5.60 Å². The summed E-state index contributed by atoms with van der Waals surface area (Å²) >= 11 is 6.04. The summed E-state index contributed by atoms with van der Waals surface area (Å²) in [7, 11) is 5.77. The van der Waals surface area contributed by atoms with Crippen LogP contribution in [0.4, 0.5) is 0 Å². The van der Waals surface area contributed by atoms with Gasteiger partial charge >= 0.3 is 0 Å². The molecule has 2 N–H and O–H groups in total. The lowest BCUT2D eigenvalue weighted by Crippen LogP contribution is -2.48. The molecule has 0 saturated carbocycles. The lowest BCUT2D eigenvalue weighted by molar-refractivity contribution is 0.0754. The van der Waals surface area contributed by atoms with Gasteiger partial charge in [-0.2, -0.15) is 0 Å². The molecule has 2 radical (unpaired) electrons. The first-order chi connectivity index (χ1) is 12.0. The number of halogens is 1. The molecule has 25 heavy (non-hydrogen) atoms. The molecule has 3 heterocycles. The minimum Gasteiger partial charge on any atom is -0.392 e. The minimum atomic E-state index is -0.424. The Morgan fingerprint density at radius 2 is 2.32 bits per heavy atom. The molecule has 3 atom stereocenters. The molecule has 4 rings (SSSR count). The number of hydrogen-bond acceptors (Lipinski definition) is 5. The Labute approximate surface area is 151 Å². The quantitative estimate of drug-likeness (QED) is 0.599. The summed E-state index contributed by atoms with van der Waals surface area (Å²) in [6.45, 7) is 1.88. The molecule has 2 aliphatic rings. The number of rotatable bonds is 4. The van der Waals surface area contributed by atoms with E-state index in [0.717, 1.165) is 19.4 Å². The number of aromatic nitrogens is 2. The van der Waals surface area contributed by atoms with Gasteiger partial charge in [-0.05, 0) is 37.9 Å². The van der Waals surface area contributed by atoms with Crippen molar-refractivity contribution in [3.63, 3.8) is 0 Å². The second-order valence-electron chi connectivity index (χ2n) is 7.01. The van der Waals surface area contributed by atoms with Crippen molar-refractivity contribution in [1.29, 1.82) is 0 Å². The van der Waals surface area contributed by atoms with Crippen LogP contribution in [0.15, 0.2) is 23.3 Å². The molecule has 0 bridgehead atoms. The summed E-state index contributed by atoms with van der Waals surface area (Å²) in [6.07, 6.45) is 3.59. The number of epoxide rings is 1. The molecule has 0 aliphatic carbocycles. The first kappa shape index (κ1) is 17.0. The van der Waals surface area contributed by atoms with E-state index in [2.05, 4.69) is 10.3 Å². The number of piperidine rings is 1. The van der Waals surface area contributed by atoms with Gasteiger partial charge < -0.3 is 15.2 Å². The Morgan fingerprint density at radius 3 is 3.04 bits per heavy atom. The van der Waals surface area contributed by atoms with Gasteiger partial charge in [0.15, 0.2) is 0 Å². The van der Waals surface area contributed by atoms with E-state index in [0.29, 0.717) is 41.0 Å². The van der Waals surface area contributed by atoms with Crippen LogP contribution in [0.25, 0.3) is 10.9 Å². The molecule has 6 nitrogen and oxygen atoms in total. The number of fused-ring (bicyclic) bond motifs is 1. The van der Waals surface area contributed by atoms with Crippen LogP contribution in [-0.4, -0.2) is 53.4 Å². The highest BCUT2D eigenvalue weighted by molar-refractivity contribution is 6.45. The zero-order valence-corrected chi connectivity index (χ0v) is 14.5. The Hall–Kier alpha value is -1.41. The molecule has 2 aromatic rings. The van der Waals surface area contributed by atoms with Crippen LogP contribution in [0.5, 0.6) is 0 Å². The fourth-order valence-electron chi connectivity index (χ4n) is 3.54. The van der Waals surface area contributed by atoms with Crippen LogP contribution < -0.4 is 16.3 Å². The predicted octanol–water partition coefficient (Wildman–Crippen LogP) is 0.116. The van der Waals surface area contributed by atoms with E-state index >= 15 is 0 Å². The molecule has 2 aliphatic heterocycles. The van der Waals surface area contributed by atoms with Crippen molar-refractivity contribution in [1.82, 2.24) is 14.9 Å². The van der Waals surface area contributed by atoms with Crippen molar-refractivity contribution in [2.45, 2.75) is 43.6 Å². The Kier molecular flexibility index (Phi) is 4.36. The summed E-state index contributed by atoms with van der Waals surface area (Å²) in [5.74, 6) is 0. The van der Waals surface area contributed by atoms with Crippen molar-refractivity contribution in [3.8, 4) is 0 Å². The summed E-state index contributed by atoms with van der Waals surface area (Å²) in [4.78, 5) is 17.1. The third kappa shape index (κ3) is 3.34. The molecule has 0 spiro atoms. The van der Waals surface area contributed by atoms with E-state index in [9.17, 15) is 9.90 Å². The Bertz CT molecular complexity index is 868. The fraction of sp³-hybridized carbons (Fsp3) is 0.529. The van der Waals surface area contributed by atoms with Crippen molar-refractivity contribution in [2.75, 3.05) is 13.2 Å². The van der Waals surface area contributed by atoms with Gasteiger partial charge in [-0.25, -0.2) is 4.98 Å². The molecular formula is C17H19BClN3O3. The van der Waals surface area contributed by atoms with Crippen LogP contribution >= 0.6 is 11.6 Å². The normalized spacial score (nSPS) is 29.0. The smallest absolute Gasteiger partial charge is 0.261 e. The second-order valence-corrected chi connectivity index (χ2v) is 7.42. The zero-order chi connectivity index (χ0) is 17.6. The van der Waals surface area contributed by atoms with E-state index in [1.54, 1.807) is 16.7 Å². The minimum absolute atomic E-state index is 0.00499. The van der Waals surface area contributed by atoms with Gasteiger partial charge in [0, 0.05) is 11.1 Å². The Morgan fingerprint density at radius 1 is 1.52 bits per heavy atom. The fourth-order valence-corrected chi connectivity index (χ4v) is 3.70. The van der Waals surface area contributed by atoms with Crippen molar-refractivity contribution in [2.24, 2.45) is 0 Å². The standard InChI is InChI=1S/C17H19BClN3O3/c18-11-5-13-10(4-12(11)19)16(24)22(9-21-13)7-17(8-25-17)6-14-15(23)2-1-3-20-14/h4-5,9,14-15,20,23H,1-3,6-8H2/t14-,15+,17?/m1/s1. The van der Waals surface area contributed by atoms with E-state index in [-0.39, 0.29) is 17.7 Å². The topological polar surface area (TPSA) is 79.7 Å². The number of nitrogens with one attached hydrogen (secondary N) is 1. The zero-order valence-electron chi connectivity index (χ0n) is 13.7.